The van der Waals surface area contributed by atoms with Gasteiger partial charge < -0.3 is 10.5 Å². The van der Waals surface area contributed by atoms with Gasteiger partial charge in [0.2, 0.25) is 0 Å². The number of hydrogen-bond donors (Lipinski definition) is 1. The van der Waals surface area contributed by atoms with E-state index in [0.29, 0.717) is 5.02 Å². The second-order valence-corrected chi connectivity index (χ2v) is 6.06. The van der Waals surface area contributed by atoms with Gasteiger partial charge in [0, 0.05) is 11.1 Å². The zero-order valence-corrected chi connectivity index (χ0v) is 11.4. The van der Waals surface area contributed by atoms with Gasteiger partial charge in [-0.3, -0.25) is 0 Å². The van der Waals surface area contributed by atoms with Gasteiger partial charge >= 0.3 is 0 Å². The minimum atomic E-state index is 0.0841. The van der Waals surface area contributed by atoms with E-state index in [0.717, 1.165) is 24.2 Å². The number of hydrogen-bond acceptors (Lipinski definition) is 2. The molecule has 17 heavy (non-hydrogen) atoms. The van der Waals surface area contributed by atoms with Gasteiger partial charge in [-0.05, 0) is 42.9 Å². The van der Waals surface area contributed by atoms with E-state index in [1.807, 2.05) is 25.1 Å². The first kappa shape index (κ1) is 12.7. The van der Waals surface area contributed by atoms with E-state index in [1.165, 1.54) is 0 Å². The Hall–Kier alpha value is -0.730. The molecule has 0 radical (unpaired) electrons. The van der Waals surface area contributed by atoms with Crippen molar-refractivity contribution in [2.24, 2.45) is 11.1 Å². The fraction of sp³-hybridized carbons (Fsp3) is 0.571. The minimum absolute atomic E-state index is 0.0841. The van der Waals surface area contributed by atoms with Gasteiger partial charge in [0.05, 0.1) is 0 Å². The Morgan fingerprint density at radius 2 is 2.12 bits per heavy atom. The molecule has 1 aromatic rings. The molecule has 2 nitrogen and oxygen atoms in total. The molecule has 2 unspecified atom stereocenters. The highest BCUT2D eigenvalue weighted by atomic mass is 35.5. The van der Waals surface area contributed by atoms with Crippen LogP contribution in [-0.2, 0) is 0 Å². The van der Waals surface area contributed by atoms with Gasteiger partial charge in [-0.15, -0.1) is 0 Å². The summed E-state index contributed by atoms with van der Waals surface area (Å²) in [7, 11) is 0. The van der Waals surface area contributed by atoms with Crippen molar-refractivity contribution in [3.63, 3.8) is 0 Å². The highest BCUT2D eigenvalue weighted by molar-refractivity contribution is 6.30. The number of benzene rings is 1. The van der Waals surface area contributed by atoms with Crippen molar-refractivity contribution >= 4 is 11.6 Å². The normalized spacial score (nSPS) is 27.1. The molecule has 2 rings (SSSR count). The molecule has 2 N–H and O–H groups in total. The lowest BCUT2D eigenvalue weighted by Gasteiger charge is -2.27. The molecular formula is C14H20ClNO. The topological polar surface area (TPSA) is 35.2 Å². The summed E-state index contributed by atoms with van der Waals surface area (Å²) in [5, 5.41) is 0.705. The third-order valence-corrected chi connectivity index (χ3v) is 4.04. The van der Waals surface area contributed by atoms with Crippen molar-refractivity contribution in [3.05, 3.63) is 28.8 Å². The lowest BCUT2D eigenvalue weighted by atomic mass is 9.88. The van der Waals surface area contributed by atoms with E-state index >= 15 is 0 Å². The predicted molar refractivity (Wildman–Crippen MR) is 71.6 cm³/mol. The van der Waals surface area contributed by atoms with E-state index in [4.69, 9.17) is 22.1 Å². The Morgan fingerprint density at radius 3 is 2.71 bits per heavy atom. The van der Waals surface area contributed by atoms with Crippen LogP contribution < -0.4 is 10.5 Å². The monoisotopic (exact) mass is 253 g/mol. The van der Waals surface area contributed by atoms with Crippen molar-refractivity contribution < 1.29 is 4.74 Å². The Bertz CT molecular complexity index is 417. The SMILES string of the molecule is Cc1ccc(Cl)cc1OC1CCC(C)(C)C1N. The van der Waals surface area contributed by atoms with E-state index in [9.17, 15) is 0 Å². The van der Waals surface area contributed by atoms with Gasteiger partial charge in [-0.1, -0.05) is 31.5 Å². The van der Waals surface area contributed by atoms with Crippen molar-refractivity contribution in [3.8, 4) is 5.75 Å². The summed E-state index contributed by atoms with van der Waals surface area (Å²) in [5.74, 6) is 0.857. The molecule has 1 saturated carbocycles. The highest BCUT2D eigenvalue weighted by Gasteiger charge is 2.40. The van der Waals surface area contributed by atoms with Crippen LogP contribution in [0, 0.1) is 12.3 Å². The van der Waals surface area contributed by atoms with Crippen LogP contribution in [0.25, 0.3) is 0 Å². The third-order valence-electron chi connectivity index (χ3n) is 3.80. The van der Waals surface area contributed by atoms with E-state index in [2.05, 4.69) is 13.8 Å². The van der Waals surface area contributed by atoms with E-state index in [-0.39, 0.29) is 17.6 Å². The molecule has 94 valence electrons. The second kappa shape index (κ2) is 4.51. The molecule has 0 amide bonds. The molecule has 1 aromatic carbocycles. The van der Waals surface area contributed by atoms with Gasteiger partial charge in [0.15, 0.2) is 0 Å². The van der Waals surface area contributed by atoms with Crippen LogP contribution in [0.15, 0.2) is 18.2 Å². The van der Waals surface area contributed by atoms with Crippen molar-refractivity contribution in [1.29, 1.82) is 0 Å². The Balaban J connectivity index is 2.14. The van der Waals surface area contributed by atoms with Crippen LogP contribution in [0.3, 0.4) is 0 Å². The summed E-state index contributed by atoms with van der Waals surface area (Å²) in [6, 6.07) is 5.81. The average Bonchev–Trinajstić information content (AvgIpc) is 2.51. The molecule has 0 spiro atoms. The Labute approximate surface area is 108 Å². The largest absolute Gasteiger partial charge is 0.488 e. The zero-order chi connectivity index (χ0) is 12.6. The lowest BCUT2D eigenvalue weighted by Crippen LogP contribution is -2.42. The fourth-order valence-corrected chi connectivity index (χ4v) is 2.52. The van der Waals surface area contributed by atoms with Gasteiger partial charge in [-0.25, -0.2) is 0 Å². The number of nitrogens with two attached hydrogens (primary N) is 1. The molecule has 1 fully saturated rings. The molecule has 3 heteroatoms. The summed E-state index contributed by atoms with van der Waals surface area (Å²) in [5.41, 5.74) is 7.50. The predicted octanol–water partition coefficient (Wildman–Crippen LogP) is 3.54. The molecule has 0 saturated heterocycles. The van der Waals surface area contributed by atoms with Crippen LogP contribution in [0.2, 0.25) is 5.02 Å². The number of aryl methyl sites for hydroxylation is 1. The maximum atomic E-state index is 6.23. The fourth-order valence-electron chi connectivity index (χ4n) is 2.36. The Kier molecular flexibility index (Phi) is 3.37. The maximum absolute atomic E-state index is 6.23. The zero-order valence-electron chi connectivity index (χ0n) is 10.7. The highest BCUT2D eigenvalue weighted by Crippen LogP contribution is 2.38. The van der Waals surface area contributed by atoms with E-state index < -0.39 is 0 Å². The van der Waals surface area contributed by atoms with Crippen molar-refractivity contribution in [1.82, 2.24) is 0 Å². The minimum Gasteiger partial charge on any atom is -0.488 e. The summed E-state index contributed by atoms with van der Waals surface area (Å²) in [4.78, 5) is 0. The van der Waals surface area contributed by atoms with E-state index in [1.54, 1.807) is 0 Å². The number of halogens is 1. The smallest absolute Gasteiger partial charge is 0.124 e. The summed E-state index contributed by atoms with van der Waals surface area (Å²) < 4.78 is 6.03. The standard InChI is InChI=1S/C14H20ClNO/c1-9-4-5-10(15)8-12(9)17-11-6-7-14(2,3)13(11)16/h4-5,8,11,13H,6-7,16H2,1-3H3. The molecule has 0 aromatic heterocycles. The third kappa shape index (κ3) is 2.58. The van der Waals surface area contributed by atoms with Gasteiger partial charge in [0.25, 0.3) is 0 Å². The average molecular weight is 254 g/mol. The Morgan fingerprint density at radius 1 is 1.41 bits per heavy atom. The molecular weight excluding hydrogens is 234 g/mol. The molecule has 0 bridgehead atoms. The van der Waals surface area contributed by atoms with Crippen LogP contribution >= 0.6 is 11.6 Å². The molecule has 0 heterocycles. The molecule has 2 atom stereocenters. The first-order valence-corrected chi connectivity index (χ1v) is 6.46. The first-order valence-electron chi connectivity index (χ1n) is 6.08. The number of rotatable bonds is 2. The van der Waals surface area contributed by atoms with Crippen molar-refractivity contribution in [2.45, 2.75) is 45.8 Å². The maximum Gasteiger partial charge on any atom is 0.124 e. The van der Waals surface area contributed by atoms with Gasteiger partial charge in [0.1, 0.15) is 11.9 Å². The van der Waals surface area contributed by atoms with Crippen molar-refractivity contribution in [2.75, 3.05) is 0 Å². The summed E-state index contributed by atoms with van der Waals surface area (Å²) in [6.45, 7) is 6.43. The lowest BCUT2D eigenvalue weighted by molar-refractivity contribution is 0.164. The molecule has 1 aliphatic carbocycles. The summed E-state index contributed by atoms with van der Waals surface area (Å²) >= 11 is 5.98. The number of ether oxygens (including phenoxy) is 1. The summed E-state index contributed by atoms with van der Waals surface area (Å²) in [6.07, 6.45) is 2.22. The molecule has 0 aliphatic heterocycles. The van der Waals surface area contributed by atoms with Crippen LogP contribution in [0.4, 0.5) is 0 Å². The second-order valence-electron chi connectivity index (χ2n) is 5.62. The van der Waals surface area contributed by atoms with Crippen LogP contribution in [0.5, 0.6) is 5.75 Å². The molecule has 1 aliphatic rings. The first-order chi connectivity index (χ1) is 7.90. The van der Waals surface area contributed by atoms with Crippen LogP contribution in [-0.4, -0.2) is 12.1 Å². The van der Waals surface area contributed by atoms with Gasteiger partial charge in [-0.2, -0.15) is 0 Å². The quantitative estimate of drug-likeness (QED) is 0.875. The van der Waals surface area contributed by atoms with Crippen LogP contribution in [0.1, 0.15) is 32.3 Å².